The molecule has 0 unspecified atom stereocenters. The van der Waals surface area contributed by atoms with E-state index in [1.54, 1.807) is 11.1 Å². The molecule has 2 aliphatic heterocycles. The number of rotatable bonds is 11. The quantitative estimate of drug-likeness (QED) is 0.0972. The molecule has 61 heavy (non-hydrogen) atoms. The van der Waals surface area contributed by atoms with Crippen LogP contribution in [-0.2, 0) is 19.1 Å². The van der Waals surface area contributed by atoms with E-state index in [0.717, 1.165) is 75.1 Å². The number of hydrogen-bond acceptors (Lipinski definition) is 8. The van der Waals surface area contributed by atoms with Crippen molar-refractivity contribution in [2.45, 2.75) is 84.1 Å². The standard InChI is InChI=1S/C47H54N8O6/c1-25(2)39(52-46(58)60-6)44(56)54-24-27(5)18-38(54)42-48-22-36(50-42)29-10-8-28(9-11-29)30-12-13-32-20-33(15-14-31(32)19-30)37-23-49-43(51-37)41-34-16-17-35(21-34)55(41)45(57)40(26(3)4)53-47(59)61-7/h8-15,18-20,22-23,25-26,34-35,38-41H,16-17,21,24H2,1-7H3,(H,48,50)(H,49,51)(H,52,58)(H,53,59)/t34-,35+,38+,39+,40+,41+/m1/s1. The summed E-state index contributed by atoms with van der Waals surface area (Å²) in [7, 11) is 2.59. The van der Waals surface area contributed by atoms with Crippen LogP contribution in [0.15, 0.2) is 84.7 Å². The average molecular weight is 827 g/mol. The number of fused-ring (bicyclic) bond motifs is 3. The highest BCUT2D eigenvalue weighted by Gasteiger charge is 2.51. The SMILES string of the molecule is COC(=O)N[C@H](C(=O)N1CC(C)=C[C@H]1c1ncc(-c2ccc(-c3ccc4cc(-c5cnc([C@@H]6[C@@H]7CC[C@@H](C7)N6C(=O)[C@@H](NC(=O)OC)C(C)C)[nH]5)ccc4c3)cc2)[nH]1)C(C)C. The highest BCUT2D eigenvalue weighted by molar-refractivity contribution is 5.91. The highest BCUT2D eigenvalue weighted by atomic mass is 16.5. The van der Waals surface area contributed by atoms with Gasteiger partial charge in [0.15, 0.2) is 0 Å². The van der Waals surface area contributed by atoms with Crippen molar-refractivity contribution in [1.82, 2.24) is 40.4 Å². The Balaban J connectivity index is 0.963. The minimum absolute atomic E-state index is 0.0938. The molecular formula is C47H54N8O6. The third kappa shape index (κ3) is 8.10. The number of methoxy groups -OCH3 is 2. The van der Waals surface area contributed by atoms with Crippen molar-refractivity contribution in [3.05, 3.63) is 96.4 Å². The van der Waals surface area contributed by atoms with Gasteiger partial charge in [0.25, 0.3) is 0 Å². The molecule has 4 N–H and O–H groups in total. The lowest BCUT2D eigenvalue weighted by Gasteiger charge is -2.37. The Morgan fingerprint density at radius 3 is 1.89 bits per heavy atom. The predicted molar refractivity (Wildman–Crippen MR) is 232 cm³/mol. The first-order valence-corrected chi connectivity index (χ1v) is 21.1. The summed E-state index contributed by atoms with van der Waals surface area (Å²) in [5.41, 5.74) is 6.89. The van der Waals surface area contributed by atoms with E-state index in [-0.39, 0.29) is 41.8 Å². The lowest BCUT2D eigenvalue weighted by Crippen LogP contribution is -2.54. The molecule has 6 atom stereocenters. The number of piperidine rings is 1. The number of benzene rings is 3. The number of likely N-dealkylation sites (tertiary alicyclic amines) is 1. The average Bonchev–Trinajstić information content (AvgIpc) is 4.13. The molecule has 1 saturated heterocycles. The van der Waals surface area contributed by atoms with Crippen LogP contribution in [0.1, 0.15) is 77.6 Å². The lowest BCUT2D eigenvalue weighted by atomic mass is 9.95. The fourth-order valence-corrected chi connectivity index (χ4v) is 9.32. The Bertz CT molecular complexity index is 2490. The van der Waals surface area contributed by atoms with Gasteiger partial charge < -0.3 is 39.9 Å². The van der Waals surface area contributed by atoms with Crippen LogP contribution in [0, 0.1) is 17.8 Å². The Morgan fingerprint density at radius 2 is 1.25 bits per heavy atom. The molecule has 3 aliphatic rings. The molecule has 1 aliphatic carbocycles. The fourth-order valence-electron chi connectivity index (χ4n) is 9.32. The fraction of sp³-hybridized carbons (Fsp3) is 0.404. The second-order valence-corrected chi connectivity index (χ2v) is 17.3. The van der Waals surface area contributed by atoms with Crippen molar-refractivity contribution in [3.63, 3.8) is 0 Å². The van der Waals surface area contributed by atoms with Crippen LogP contribution in [0.4, 0.5) is 9.59 Å². The van der Waals surface area contributed by atoms with Crippen LogP contribution >= 0.6 is 0 Å². The molecule has 0 spiro atoms. The van der Waals surface area contributed by atoms with Crippen molar-refractivity contribution in [1.29, 1.82) is 0 Å². The number of carbonyl (C=O) groups excluding carboxylic acids is 4. The van der Waals surface area contributed by atoms with Crippen LogP contribution in [0.5, 0.6) is 0 Å². The summed E-state index contributed by atoms with van der Waals surface area (Å²) in [5.74, 6) is 1.21. The lowest BCUT2D eigenvalue weighted by molar-refractivity contribution is -0.139. The van der Waals surface area contributed by atoms with Gasteiger partial charge in [-0.2, -0.15) is 0 Å². The molecule has 4 amide bonds. The number of H-pyrrole nitrogens is 2. The number of nitrogens with zero attached hydrogens (tertiary/aromatic N) is 4. The number of ether oxygens (including phenoxy) is 2. The number of aromatic amines is 2. The van der Waals surface area contributed by atoms with Gasteiger partial charge in [-0.05, 0) is 83.5 Å². The number of amides is 4. The van der Waals surface area contributed by atoms with Crippen molar-refractivity contribution in [3.8, 4) is 33.6 Å². The van der Waals surface area contributed by atoms with E-state index in [1.807, 2.05) is 51.8 Å². The third-order valence-electron chi connectivity index (χ3n) is 12.5. The van der Waals surface area contributed by atoms with E-state index < -0.39 is 24.3 Å². The van der Waals surface area contributed by atoms with E-state index in [1.165, 1.54) is 14.2 Å². The van der Waals surface area contributed by atoms with Gasteiger partial charge in [-0.15, -0.1) is 0 Å². The number of imidazole rings is 2. The molecule has 2 bridgehead atoms. The van der Waals surface area contributed by atoms with Gasteiger partial charge in [-0.25, -0.2) is 19.6 Å². The van der Waals surface area contributed by atoms with Crippen molar-refractivity contribution >= 4 is 34.8 Å². The maximum absolute atomic E-state index is 14.0. The summed E-state index contributed by atoms with van der Waals surface area (Å²) in [6.45, 7) is 10.1. The molecule has 14 heteroatoms. The summed E-state index contributed by atoms with van der Waals surface area (Å²) in [4.78, 5) is 72.0. The third-order valence-corrected chi connectivity index (χ3v) is 12.5. The van der Waals surface area contributed by atoms with Crippen molar-refractivity contribution in [2.24, 2.45) is 17.8 Å². The smallest absolute Gasteiger partial charge is 0.407 e. The van der Waals surface area contributed by atoms with E-state index in [9.17, 15) is 19.2 Å². The summed E-state index contributed by atoms with van der Waals surface area (Å²) in [6, 6.07) is 19.3. The zero-order valence-corrected chi connectivity index (χ0v) is 35.7. The van der Waals surface area contributed by atoms with Crippen LogP contribution in [-0.4, -0.2) is 92.6 Å². The molecule has 1 saturated carbocycles. The van der Waals surface area contributed by atoms with E-state index in [4.69, 9.17) is 14.5 Å². The summed E-state index contributed by atoms with van der Waals surface area (Å²) < 4.78 is 9.60. The van der Waals surface area contributed by atoms with Gasteiger partial charge in [-0.1, -0.05) is 87.9 Å². The van der Waals surface area contributed by atoms with Gasteiger partial charge >= 0.3 is 12.2 Å². The van der Waals surface area contributed by atoms with Crippen LogP contribution < -0.4 is 10.6 Å². The summed E-state index contributed by atoms with van der Waals surface area (Å²) in [6.07, 6.45) is 7.34. The van der Waals surface area contributed by atoms with Gasteiger partial charge in [0.2, 0.25) is 11.8 Å². The molecule has 0 radical (unpaired) electrons. The number of carbonyl (C=O) groups is 4. The Morgan fingerprint density at radius 1 is 0.705 bits per heavy atom. The first-order valence-electron chi connectivity index (χ1n) is 21.1. The van der Waals surface area contributed by atoms with Crippen LogP contribution in [0.3, 0.4) is 0 Å². The highest BCUT2D eigenvalue weighted by Crippen LogP contribution is 2.50. The number of aromatic nitrogens is 4. The van der Waals surface area contributed by atoms with Crippen molar-refractivity contribution < 1.29 is 28.7 Å². The minimum Gasteiger partial charge on any atom is -0.453 e. The Labute approximate surface area is 355 Å². The first kappa shape index (κ1) is 41.3. The molecule has 4 heterocycles. The van der Waals surface area contributed by atoms with Crippen LogP contribution in [0.25, 0.3) is 44.4 Å². The molecule has 318 valence electrons. The zero-order valence-electron chi connectivity index (χ0n) is 35.7. The number of hydrogen-bond donors (Lipinski definition) is 4. The van der Waals surface area contributed by atoms with Crippen molar-refractivity contribution in [2.75, 3.05) is 20.8 Å². The number of nitrogens with one attached hydrogen (secondary N) is 4. The molecule has 8 rings (SSSR count). The first-order chi connectivity index (χ1) is 29.3. The molecule has 2 fully saturated rings. The second-order valence-electron chi connectivity index (χ2n) is 17.3. The zero-order chi connectivity index (χ0) is 43.1. The molecular weight excluding hydrogens is 773 g/mol. The van der Waals surface area contributed by atoms with Gasteiger partial charge in [0.1, 0.15) is 29.8 Å². The second kappa shape index (κ2) is 16.9. The van der Waals surface area contributed by atoms with Gasteiger partial charge in [0, 0.05) is 18.2 Å². The maximum Gasteiger partial charge on any atom is 0.407 e. The summed E-state index contributed by atoms with van der Waals surface area (Å²) in [5, 5.41) is 7.65. The largest absolute Gasteiger partial charge is 0.453 e. The predicted octanol–water partition coefficient (Wildman–Crippen LogP) is 7.93. The minimum atomic E-state index is -0.732. The Kier molecular flexibility index (Phi) is 11.4. The number of alkyl carbamates (subject to hydrolysis) is 2. The maximum atomic E-state index is 14.0. The summed E-state index contributed by atoms with van der Waals surface area (Å²) >= 11 is 0. The van der Waals surface area contributed by atoms with E-state index in [0.29, 0.717) is 18.3 Å². The molecule has 5 aromatic rings. The molecule has 14 nitrogen and oxygen atoms in total. The van der Waals surface area contributed by atoms with E-state index in [2.05, 4.69) is 86.2 Å². The Hall–Kier alpha value is -6.44. The monoisotopic (exact) mass is 826 g/mol. The molecule has 3 aromatic carbocycles. The van der Waals surface area contributed by atoms with E-state index >= 15 is 0 Å². The molecule has 2 aromatic heterocycles. The van der Waals surface area contributed by atoms with Crippen LogP contribution in [0.2, 0.25) is 0 Å². The normalized spacial score (nSPS) is 20.6. The van der Waals surface area contributed by atoms with Gasteiger partial charge in [-0.3, -0.25) is 9.59 Å². The van der Waals surface area contributed by atoms with Gasteiger partial charge in [0.05, 0.1) is 44.0 Å². The topological polar surface area (TPSA) is 175 Å².